The van der Waals surface area contributed by atoms with Crippen molar-refractivity contribution in [3.8, 4) is 0 Å². The Balaban J connectivity index is 1.78. The van der Waals surface area contributed by atoms with Crippen molar-refractivity contribution in [3.05, 3.63) is 0 Å². The topological polar surface area (TPSA) is 81.1 Å². The number of rotatable bonds is 5. The van der Waals surface area contributed by atoms with Crippen molar-refractivity contribution in [2.24, 2.45) is 11.8 Å². The Morgan fingerprint density at radius 3 is 2.57 bits per heavy atom. The number of aliphatic hydroxyl groups excluding tert-OH is 1. The highest BCUT2D eigenvalue weighted by atomic mass is 16.4. The number of amides is 1. The number of carboxylic acids is 1. The summed E-state index contributed by atoms with van der Waals surface area (Å²) in [4.78, 5) is 27.6. The number of carboxylic acid groups (broad SMARTS) is 1. The first-order valence-electron chi connectivity index (χ1n) is 8.98. The Hall–Kier alpha value is -1.14. The number of hydrogen-bond donors (Lipinski definition) is 2. The molecule has 3 aliphatic heterocycles. The number of carbonyl (C=O) groups is 2. The number of piperidine rings is 3. The third-order valence-electron chi connectivity index (χ3n) is 6.02. The summed E-state index contributed by atoms with van der Waals surface area (Å²) in [6.07, 6.45) is 6.12. The maximum absolute atomic E-state index is 12.3. The van der Waals surface area contributed by atoms with Gasteiger partial charge in [-0.1, -0.05) is 0 Å². The fourth-order valence-electron chi connectivity index (χ4n) is 5.21. The van der Waals surface area contributed by atoms with E-state index in [4.69, 9.17) is 5.11 Å². The van der Waals surface area contributed by atoms with Gasteiger partial charge in [0.05, 0.1) is 0 Å². The summed E-state index contributed by atoms with van der Waals surface area (Å²) < 4.78 is 0. The second-order valence-corrected chi connectivity index (χ2v) is 7.29. The lowest BCUT2D eigenvalue weighted by Crippen LogP contribution is -2.65. The molecule has 0 aromatic carbocycles. The Morgan fingerprint density at radius 1 is 1.13 bits per heavy atom. The van der Waals surface area contributed by atoms with Crippen LogP contribution in [0.1, 0.15) is 44.9 Å². The lowest BCUT2D eigenvalue weighted by atomic mass is 9.69. The summed E-state index contributed by atoms with van der Waals surface area (Å²) in [5, 5.41) is 18.2. The molecule has 3 saturated heterocycles. The van der Waals surface area contributed by atoms with Crippen LogP contribution >= 0.6 is 0 Å². The molecule has 3 heterocycles. The van der Waals surface area contributed by atoms with Crippen LogP contribution in [0.4, 0.5) is 0 Å². The van der Waals surface area contributed by atoms with Gasteiger partial charge in [-0.3, -0.25) is 14.5 Å². The fourth-order valence-corrected chi connectivity index (χ4v) is 5.21. The van der Waals surface area contributed by atoms with Gasteiger partial charge in [-0.25, -0.2) is 0 Å². The molecule has 0 spiro atoms. The molecule has 6 nitrogen and oxygen atoms in total. The van der Waals surface area contributed by atoms with E-state index >= 15 is 0 Å². The highest BCUT2D eigenvalue weighted by Crippen LogP contribution is 2.43. The second-order valence-electron chi connectivity index (χ2n) is 7.29. The quantitative estimate of drug-likeness (QED) is 0.786. The molecule has 0 aromatic heterocycles. The van der Waals surface area contributed by atoms with Gasteiger partial charge in [0.1, 0.15) is 6.61 Å². The van der Waals surface area contributed by atoms with Gasteiger partial charge in [-0.15, -0.1) is 0 Å². The number of hydrogen-bond acceptors (Lipinski definition) is 4. The van der Waals surface area contributed by atoms with Gasteiger partial charge < -0.3 is 15.1 Å². The third-order valence-corrected chi connectivity index (χ3v) is 6.02. The molecule has 1 unspecified atom stereocenters. The summed E-state index contributed by atoms with van der Waals surface area (Å²) >= 11 is 0. The summed E-state index contributed by atoms with van der Waals surface area (Å²) in [5.74, 6) is -0.0134. The first-order valence-corrected chi connectivity index (χ1v) is 8.98. The minimum Gasteiger partial charge on any atom is -0.481 e. The van der Waals surface area contributed by atoms with Crippen LogP contribution in [0.3, 0.4) is 0 Å². The van der Waals surface area contributed by atoms with E-state index in [0.717, 1.165) is 45.3 Å². The van der Waals surface area contributed by atoms with Crippen LogP contribution < -0.4 is 0 Å². The average Bonchev–Trinajstić information content (AvgIpc) is 2.56. The van der Waals surface area contributed by atoms with E-state index in [1.54, 1.807) is 0 Å². The van der Waals surface area contributed by atoms with Crippen molar-refractivity contribution in [3.63, 3.8) is 0 Å². The van der Waals surface area contributed by atoms with E-state index in [-0.39, 0.29) is 18.4 Å². The van der Waals surface area contributed by atoms with Crippen LogP contribution in [0.25, 0.3) is 0 Å². The van der Waals surface area contributed by atoms with Crippen molar-refractivity contribution in [2.75, 3.05) is 26.2 Å². The van der Waals surface area contributed by atoms with Crippen molar-refractivity contribution in [2.45, 2.75) is 57.0 Å². The first-order chi connectivity index (χ1) is 11.1. The van der Waals surface area contributed by atoms with Crippen LogP contribution in [-0.2, 0) is 9.59 Å². The lowest BCUT2D eigenvalue weighted by molar-refractivity contribution is -0.149. The van der Waals surface area contributed by atoms with E-state index in [1.165, 1.54) is 6.42 Å². The zero-order chi connectivity index (χ0) is 16.4. The molecule has 0 saturated carbocycles. The van der Waals surface area contributed by atoms with E-state index < -0.39 is 12.6 Å². The second kappa shape index (κ2) is 7.18. The molecule has 0 radical (unpaired) electrons. The maximum Gasteiger partial charge on any atom is 0.303 e. The van der Waals surface area contributed by atoms with Crippen LogP contribution in [0, 0.1) is 11.8 Å². The Morgan fingerprint density at radius 2 is 1.87 bits per heavy atom. The summed E-state index contributed by atoms with van der Waals surface area (Å²) in [6, 6.07) is 0.645. The smallest absolute Gasteiger partial charge is 0.303 e. The molecule has 3 rings (SSSR count). The number of likely N-dealkylation sites (tertiary alicyclic amines) is 1. The van der Waals surface area contributed by atoms with Gasteiger partial charge in [0.2, 0.25) is 5.91 Å². The van der Waals surface area contributed by atoms with Gasteiger partial charge in [0.25, 0.3) is 0 Å². The standard InChI is InChI=1S/C17H28N2O4/c20-11-15(21)19-10-12-4-2-8-18-9-3-5-13(17(12)18)14(19)6-1-7-16(22)23/h12-14,17,20H,1-11H2,(H,22,23)/t12-,13+,14?,17-/m0/s1. The summed E-state index contributed by atoms with van der Waals surface area (Å²) in [5.41, 5.74) is 0. The van der Waals surface area contributed by atoms with E-state index in [9.17, 15) is 14.7 Å². The molecule has 23 heavy (non-hydrogen) atoms. The maximum atomic E-state index is 12.3. The van der Waals surface area contributed by atoms with Crippen molar-refractivity contribution < 1.29 is 19.8 Å². The Bertz CT molecular complexity index is 454. The molecule has 0 aromatic rings. The first kappa shape index (κ1) is 16.7. The highest BCUT2D eigenvalue weighted by molar-refractivity contribution is 5.77. The van der Waals surface area contributed by atoms with Gasteiger partial charge in [-0.05, 0) is 63.5 Å². The molecule has 2 N–H and O–H groups in total. The van der Waals surface area contributed by atoms with Crippen LogP contribution in [0.15, 0.2) is 0 Å². The normalized spacial score (nSPS) is 34.0. The average molecular weight is 324 g/mol. The van der Waals surface area contributed by atoms with E-state index in [0.29, 0.717) is 24.3 Å². The number of aliphatic carboxylic acids is 1. The van der Waals surface area contributed by atoms with Crippen molar-refractivity contribution in [1.82, 2.24) is 9.80 Å². The van der Waals surface area contributed by atoms with E-state index in [2.05, 4.69) is 4.90 Å². The van der Waals surface area contributed by atoms with Crippen molar-refractivity contribution >= 4 is 11.9 Å². The molecular weight excluding hydrogens is 296 g/mol. The summed E-state index contributed by atoms with van der Waals surface area (Å²) in [6.45, 7) is 2.61. The monoisotopic (exact) mass is 324 g/mol. The molecule has 0 bridgehead atoms. The lowest BCUT2D eigenvalue weighted by Gasteiger charge is -2.57. The molecule has 0 aliphatic carbocycles. The van der Waals surface area contributed by atoms with E-state index in [1.807, 2.05) is 4.90 Å². The highest BCUT2D eigenvalue weighted by Gasteiger charge is 2.49. The van der Waals surface area contributed by atoms with Gasteiger partial charge in [0, 0.05) is 25.0 Å². The fraction of sp³-hybridized carbons (Fsp3) is 0.882. The zero-order valence-electron chi connectivity index (χ0n) is 13.7. The molecule has 6 heteroatoms. The van der Waals surface area contributed by atoms with Crippen LogP contribution in [-0.4, -0.2) is 70.2 Å². The van der Waals surface area contributed by atoms with Crippen LogP contribution in [0.5, 0.6) is 0 Å². The zero-order valence-corrected chi connectivity index (χ0v) is 13.7. The Kier molecular flexibility index (Phi) is 5.21. The number of nitrogens with zero attached hydrogens (tertiary/aromatic N) is 2. The van der Waals surface area contributed by atoms with Gasteiger partial charge in [0.15, 0.2) is 0 Å². The minimum atomic E-state index is -0.776. The molecule has 3 aliphatic rings. The SMILES string of the molecule is O=C(O)CCCC1[C@H]2CCCN3CCC[C@@H](CN1C(=O)CO)[C@@H]23. The number of aliphatic hydroxyl groups is 1. The molecule has 4 atom stereocenters. The largest absolute Gasteiger partial charge is 0.481 e. The van der Waals surface area contributed by atoms with Crippen molar-refractivity contribution in [1.29, 1.82) is 0 Å². The third kappa shape index (κ3) is 3.38. The molecular formula is C17H28N2O4. The van der Waals surface area contributed by atoms with Gasteiger partial charge >= 0.3 is 5.97 Å². The molecule has 3 fully saturated rings. The minimum absolute atomic E-state index is 0.0937. The summed E-state index contributed by atoms with van der Waals surface area (Å²) in [7, 11) is 0. The number of carbonyl (C=O) groups excluding carboxylic acids is 1. The van der Waals surface area contributed by atoms with Gasteiger partial charge in [-0.2, -0.15) is 0 Å². The predicted molar refractivity (Wildman–Crippen MR) is 84.9 cm³/mol. The predicted octanol–water partition coefficient (Wildman–Crippen LogP) is 0.935. The van der Waals surface area contributed by atoms with Crippen LogP contribution in [0.2, 0.25) is 0 Å². The molecule has 1 amide bonds. The Labute approximate surface area is 137 Å². The molecule has 130 valence electrons.